The molecule has 116 valence electrons. The van der Waals surface area contributed by atoms with Crippen molar-refractivity contribution in [2.75, 3.05) is 20.1 Å². The number of H-pyrrole nitrogens is 1. The van der Waals surface area contributed by atoms with Crippen molar-refractivity contribution >= 4 is 11.6 Å². The lowest BCUT2D eigenvalue weighted by Gasteiger charge is -2.20. The summed E-state index contributed by atoms with van der Waals surface area (Å²) in [5, 5.41) is 4.04. The van der Waals surface area contributed by atoms with Crippen molar-refractivity contribution in [3.63, 3.8) is 0 Å². The number of aryl methyl sites for hydroxylation is 1. The Labute approximate surface area is 128 Å². The summed E-state index contributed by atoms with van der Waals surface area (Å²) in [7, 11) is 2.16. The molecule has 4 nitrogen and oxygen atoms in total. The molecule has 0 fully saturated rings. The lowest BCUT2D eigenvalue weighted by atomic mass is 10.2. The van der Waals surface area contributed by atoms with Gasteiger partial charge in [0.25, 0.3) is 0 Å². The molecule has 0 bridgehead atoms. The average Bonchev–Trinajstić information content (AvgIpc) is 2.76. The van der Waals surface area contributed by atoms with E-state index in [1.54, 1.807) is 0 Å². The Morgan fingerprint density at radius 1 is 1.35 bits per heavy atom. The van der Waals surface area contributed by atoms with Gasteiger partial charge in [0, 0.05) is 19.0 Å². The second-order valence-electron chi connectivity index (χ2n) is 5.66. The summed E-state index contributed by atoms with van der Waals surface area (Å²) in [5.41, 5.74) is 1.01. The van der Waals surface area contributed by atoms with E-state index in [-0.39, 0.29) is 0 Å². The molecule has 2 N–H and O–H groups in total. The van der Waals surface area contributed by atoms with E-state index in [2.05, 4.69) is 48.0 Å². The highest BCUT2D eigenvalue weighted by atomic mass is 35.5. The van der Waals surface area contributed by atoms with Gasteiger partial charge in [0.05, 0.1) is 5.69 Å². The molecule has 0 aromatic carbocycles. The van der Waals surface area contributed by atoms with Crippen LogP contribution in [0.2, 0.25) is 5.15 Å². The number of hydrogen-bond donors (Lipinski definition) is 2. The summed E-state index contributed by atoms with van der Waals surface area (Å²) in [5.74, 6) is 1.01. The van der Waals surface area contributed by atoms with Crippen molar-refractivity contribution in [3.8, 4) is 0 Å². The highest BCUT2D eigenvalue weighted by Crippen LogP contribution is 2.13. The zero-order chi connectivity index (χ0) is 15.0. The van der Waals surface area contributed by atoms with E-state index in [9.17, 15) is 0 Å². The van der Waals surface area contributed by atoms with Crippen molar-refractivity contribution in [3.05, 3.63) is 16.7 Å². The van der Waals surface area contributed by atoms with Crippen molar-refractivity contribution in [1.29, 1.82) is 0 Å². The SMILES string of the molecule is CCCCc1nc(Cl)c(CNCCCN(C)C(C)C)[nH]1. The Hall–Kier alpha value is -0.580. The fraction of sp³-hybridized carbons (Fsp3) is 0.800. The number of imidazole rings is 1. The van der Waals surface area contributed by atoms with Crippen LogP contribution in [0, 0.1) is 0 Å². The van der Waals surface area contributed by atoms with Gasteiger partial charge < -0.3 is 15.2 Å². The van der Waals surface area contributed by atoms with Crippen LogP contribution in [0.15, 0.2) is 0 Å². The van der Waals surface area contributed by atoms with Crippen LogP contribution in [0.3, 0.4) is 0 Å². The number of rotatable bonds is 10. The minimum atomic E-state index is 0.609. The number of aromatic amines is 1. The molecular weight excluding hydrogens is 272 g/mol. The first-order valence-electron chi connectivity index (χ1n) is 7.68. The topological polar surface area (TPSA) is 44.0 Å². The van der Waals surface area contributed by atoms with Gasteiger partial charge in [-0.05, 0) is 46.8 Å². The smallest absolute Gasteiger partial charge is 0.151 e. The summed E-state index contributed by atoms with van der Waals surface area (Å²) >= 11 is 6.14. The third-order valence-electron chi connectivity index (χ3n) is 3.59. The summed E-state index contributed by atoms with van der Waals surface area (Å²) in [6.07, 6.45) is 4.45. The van der Waals surface area contributed by atoms with Crippen LogP contribution >= 0.6 is 11.6 Å². The first-order valence-corrected chi connectivity index (χ1v) is 8.06. The minimum Gasteiger partial charge on any atom is -0.344 e. The zero-order valence-electron chi connectivity index (χ0n) is 13.3. The highest BCUT2D eigenvalue weighted by molar-refractivity contribution is 6.30. The molecule has 0 atom stereocenters. The predicted molar refractivity (Wildman–Crippen MR) is 86.3 cm³/mol. The van der Waals surface area contributed by atoms with Crippen molar-refractivity contribution in [1.82, 2.24) is 20.2 Å². The van der Waals surface area contributed by atoms with E-state index in [4.69, 9.17) is 11.6 Å². The first kappa shape index (κ1) is 17.5. The molecule has 0 unspecified atom stereocenters. The average molecular weight is 301 g/mol. The number of unbranched alkanes of at least 4 members (excludes halogenated alkanes) is 1. The predicted octanol–water partition coefficient (Wildman–Crippen LogP) is 3.23. The van der Waals surface area contributed by atoms with Gasteiger partial charge in [0.2, 0.25) is 0 Å². The maximum Gasteiger partial charge on any atom is 0.151 e. The molecule has 0 saturated carbocycles. The number of nitrogens with zero attached hydrogens (tertiary/aromatic N) is 2. The van der Waals surface area contributed by atoms with Gasteiger partial charge in [-0.25, -0.2) is 4.98 Å². The van der Waals surface area contributed by atoms with Gasteiger partial charge in [0.1, 0.15) is 5.82 Å². The Bertz CT molecular complexity index is 376. The molecule has 0 aliphatic rings. The number of nitrogens with one attached hydrogen (secondary N) is 2. The molecule has 0 radical (unpaired) electrons. The van der Waals surface area contributed by atoms with E-state index in [1.165, 1.54) is 6.42 Å². The lowest BCUT2D eigenvalue weighted by Crippen LogP contribution is -2.29. The molecule has 1 aromatic heterocycles. The van der Waals surface area contributed by atoms with Crippen LogP contribution < -0.4 is 5.32 Å². The first-order chi connectivity index (χ1) is 9.54. The van der Waals surface area contributed by atoms with Crippen molar-refractivity contribution in [2.24, 2.45) is 0 Å². The maximum atomic E-state index is 6.14. The Kier molecular flexibility index (Phi) is 8.19. The molecule has 1 aromatic rings. The number of hydrogen-bond acceptors (Lipinski definition) is 3. The number of aromatic nitrogens is 2. The zero-order valence-corrected chi connectivity index (χ0v) is 14.1. The maximum absolute atomic E-state index is 6.14. The molecule has 0 aliphatic carbocycles. The van der Waals surface area contributed by atoms with Crippen LogP contribution in [-0.4, -0.2) is 41.0 Å². The molecule has 0 saturated heterocycles. The normalized spacial score (nSPS) is 11.8. The molecular formula is C15H29ClN4. The molecule has 20 heavy (non-hydrogen) atoms. The van der Waals surface area contributed by atoms with E-state index in [0.717, 1.165) is 50.4 Å². The standard InChI is InChI=1S/C15H29ClN4/c1-5-6-8-14-18-13(15(16)19-14)11-17-9-7-10-20(4)12(2)3/h12,17H,5-11H2,1-4H3,(H,18,19). The second-order valence-corrected chi connectivity index (χ2v) is 6.02. The monoisotopic (exact) mass is 300 g/mol. The van der Waals surface area contributed by atoms with E-state index in [1.807, 2.05) is 0 Å². The van der Waals surface area contributed by atoms with Crippen LogP contribution in [-0.2, 0) is 13.0 Å². The molecule has 0 spiro atoms. The van der Waals surface area contributed by atoms with Gasteiger partial charge in [0.15, 0.2) is 5.15 Å². The summed E-state index contributed by atoms with van der Waals surface area (Å²) in [6, 6.07) is 0.609. The lowest BCUT2D eigenvalue weighted by molar-refractivity contribution is 0.269. The summed E-state index contributed by atoms with van der Waals surface area (Å²) < 4.78 is 0. The molecule has 5 heteroatoms. The fourth-order valence-electron chi connectivity index (χ4n) is 1.94. The van der Waals surface area contributed by atoms with Gasteiger partial charge in [-0.3, -0.25) is 0 Å². The van der Waals surface area contributed by atoms with Gasteiger partial charge in [-0.15, -0.1) is 0 Å². The Morgan fingerprint density at radius 3 is 2.75 bits per heavy atom. The third kappa shape index (κ3) is 6.25. The summed E-state index contributed by atoms with van der Waals surface area (Å²) in [6.45, 7) is 9.50. The van der Waals surface area contributed by atoms with Crippen molar-refractivity contribution < 1.29 is 0 Å². The third-order valence-corrected chi connectivity index (χ3v) is 3.90. The molecule has 1 rings (SSSR count). The van der Waals surface area contributed by atoms with Crippen molar-refractivity contribution in [2.45, 2.75) is 59.0 Å². The molecule has 1 heterocycles. The fourth-order valence-corrected chi connectivity index (χ4v) is 2.16. The van der Waals surface area contributed by atoms with Gasteiger partial charge >= 0.3 is 0 Å². The minimum absolute atomic E-state index is 0.609. The van der Waals surface area contributed by atoms with Crippen LogP contribution in [0.25, 0.3) is 0 Å². The quantitative estimate of drug-likeness (QED) is 0.652. The van der Waals surface area contributed by atoms with E-state index in [0.29, 0.717) is 11.2 Å². The Morgan fingerprint density at radius 2 is 2.10 bits per heavy atom. The molecule has 0 aliphatic heterocycles. The van der Waals surface area contributed by atoms with E-state index < -0.39 is 0 Å². The Balaban J connectivity index is 2.23. The highest BCUT2D eigenvalue weighted by Gasteiger charge is 2.07. The van der Waals surface area contributed by atoms with Crippen LogP contribution in [0.4, 0.5) is 0 Å². The van der Waals surface area contributed by atoms with Gasteiger partial charge in [-0.2, -0.15) is 0 Å². The number of halogens is 1. The van der Waals surface area contributed by atoms with Crippen LogP contribution in [0.1, 0.15) is 51.6 Å². The summed E-state index contributed by atoms with van der Waals surface area (Å²) in [4.78, 5) is 10.0. The van der Waals surface area contributed by atoms with Crippen LogP contribution in [0.5, 0.6) is 0 Å². The van der Waals surface area contributed by atoms with Gasteiger partial charge in [-0.1, -0.05) is 24.9 Å². The second kappa shape index (κ2) is 9.37. The largest absolute Gasteiger partial charge is 0.344 e. The molecule has 0 amide bonds. The van der Waals surface area contributed by atoms with E-state index >= 15 is 0 Å².